The second kappa shape index (κ2) is 9.37. The van der Waals surface area contributed by atoms with E-state index in [4.69, 9.17) is 14.6 Å². The van der Waals surface area contributed by atoms with Gasteiger partial charge in [0.2, 0.25) is 5.91 Å². The van der Waals surface area contributed by atoms with E-state index in [-0.39, 0.29) is 25.5 Å². The van der Waals surface area contributed by atoms with E-state index < -0.39 is 11.8 Å². The number of amides is 3. The van der Waals surface area contributed by atoms with Gasteiger partial charge in [-0.15, -0.1) is 0 Å². The minimum absolute atomic E-state index is 0.0348. The fourth-order valence-corrected chi connectivity index (χ4v) is 2.04. The first kappa shape index (κ1) is 19.2. The first-order valence-electron chi connectivity index (χ1n) is 7.91. The summed E-state index contributed by atoms with van der Waals surface area (Å²) in [6.07, 6.45) is -0.0764. The van der Waals surface area contributed by atoms with Crippen molar-refractivity contribution < 1.29 is 29.0 Å². The van der Waals surface area contributed by atoms with E-state index in [0.29, 0.717) is 36.1 Å². The molecule has 0 aromatic heterocycles. The normalized spacial score (nSPS) is 12.9. The molecule has 0 aliphatic carbocycles. The number of ether oxygens (including phenoxy) is 2. The molecule has 0 atom stereocenters. The number of anilines is 1. The number of hydrogen-bond donors (Lipinski definition) is 4. The standard InChI is InChI=1S/C16H20N4O6/c1-10(19-20-16(24)15(23)17-4-5-21)8-14(22)18-11-2-3-12-13(9-11)26-7-6-25-12/h2-3,9,21H,4-8H2,1H3,(H,17,23)(H,18,22)(H,20,24)/b19-10+. The Bertz CT molecular complexity index is 719. The summed E-state index contributed by atoms with van der Waals surface area (Å²) in [5.74, 6) is -1.07. The van der Waals surface area contributed by atoms with Gasteiger partial charge in [-0.05, 0) is 19.1 Å². The number of carbonyl (C=O) groups excluding carboxylic acids is 3. The summed E-state index contributed by atoms with van der Waals surface area (Å²) in [7, 11) is 0. The lowest BCUT2D eigenvalue weighted by molar-refractivity contribution is -0.139. The van der Waals surface area contributed by atoms with Crippen molar-refractivity contribution in [2.24, 2.45) is 5.10 Å². The maximum Gasteiger partial charge on any atom is 0.329 e. The van der Waals surface area contributed by atoms with Gasteiger partial charge >= 0.3 is 11.8 Å². The average Bonchev–Trinajstić information content (AvgIpc) is 2.63. The zero-order valence-electron chi connectivity index (χ0n) is 14.2. The average molecular weight is 364 g/mol. The largest absolute Gasteiger partial charge is 0.486 e. The van der Waals surface area contributed by atoms with Crippen molar-refractivity contribution in [3.05, 3.63) is 18.2 Å². The van der Waals surface area contributed by atoms with E-state index in [1.54, 1.807) is 18.2 Å². The molecular formula is C16H20N4O6. The summed E-state index contributed by atoms with van der Waals surface area (Å²) >= 11 is 0. The van der Waals surface area contributed by atoms with Crippen LogP contribution in [0.25, 0.3) is 0 Å². The van der Waals surface area contributed by atoms with Crippen LogP contribution >= 0.6 is 0 Å². The van der Waals surface area contributed by atoms with Gasteiger partial charge in [0, 0.05) is 24.0 Å². The minimum Gasteiger partial charge on any atom is -0.486 e. The topological polar surface area (TPSA) is 138 Å². The van der Waals surface area contributed by atoms with Gasteiger partial charge in [0.25, 0.3) is 0 Å². The van der Waals surface area contributed by atoms with Crippen LogP contribution in [0, 0.1) is 0 Å². The zero-order valence-corrected chi connectivity index (χ0v) is 14.2. The Kier molecular flexibility index (Phi) is 6.92. The summed E-state index contributed by atoms with van der Waals surface area (Å²) in [6, 6.07) is 5.05. The van der Waals surface area contributed by atoms with Crippen LogP contribution < -0.4 is 25.5 Å². The van der Waals surface area contributed by atoms with Crippen molar-refractivity contribution in [2.75, 3.05) is 31.7 Å². The molecule has 0 bridgehead atoms. The molecule has 0 fully saturated rings. The van der Waals surface area contributed by atoms with Gasteiger partial charge in [-0.1, -0.05) is 0 Å². The molecule has 1 heterocycles. The second-order valence-electron chi connectivity index (χ2n) is 5.35. The molecule has 2 rings (SSSR count). The molecule has 0 radical (unpaired) electrons. The molecule has 1 aromatic rings. The number of nitrogens with one attached hydrogen (secondary N) is 3. The maximum atomic E-state index is 12.0. The lowest BCUT2D eigenvalue weighted by Gasteiger charge is -2.19. The predicted octanol–water partition coefficient (Wildman–Crippen LogP) is -0.613. The number of hydrazone groups is 1. The molecule has 0 saturated heterocycles. The van der Waals surface area contributed by atoms with Gasteiger partial charge in [0.15, 0.2) is 11.5 Å². The summed E-state index contributed by atoms with van der Waals surface area (Å²) < 4.78 is 10.8. The molecular weight excluding hydrogens is 344 g/mol. The molecule has 26 heavy (non-hydrogen) atoms. The molecule has 3 amide bonds. The molecule has 0 spiro atoms. The highest BCUT2D eigenvalue weighted by Crippen LogP contribution is 2.32. The van der Waals surface area contributed by atoms with Crippen molar-refractivity contribution in [2.45, 2.75) is 13.3 Å². The zero-order chi connectivity index (χ0) is 18.9. The van der Waals surface area contributed by atoms with Gasteiger partial charge in [-0.25, -0.2) is 5.43 Å². The molecule has 10 heteroatoms. The van der Waals surface area contributed by atoms with Gasteiger partial charge < -0.3 is 25.2 Å². The van der Waals surface area contributed by atoms with E-state index in [1.807, 2.05) is 5.43 Å². The van der Waals surface area contributed by atoms with Gasteiger partial charge in [0.1, 0.15) is 13.2 Å². The van der Waals surface area contributed by atoms with Crippen LogP contribution in [0.2, 0.25) is 0 Å². The number of aliphatic hydroxyl groups excluding tert-OH is 1. The maximum absolute atomic E-state index is 12.0. The molecule has 1 aliphatic rings. The van der Waals surface area contributed by atoms with Crippen LogP contribution in [0.4, 0.5) is 5.69 Å². The Morgan fingerprint density at radius 3 is 2.62 bits per heavy atom. The summed E-state index contributed by atoms with van der Waals surface area (Å²) in [6.45, 7) is 2.16. The molecule has 1 aliphatic heterocycles. The number of rotatable bonds is 6. The first-order valence-corrected chi connectivity index (χ1v) is 7.91. The Hall–Kier alpha value is -3.14. The highest BCUT2D eigenvalue weighted by atomic mass is 16.6. The quantitative estimate of drug-likeness (QED) is 0.302. The van der Waals surface area contributed by atoms with E-state index in [2.05, 4.69) is 15.7 Å². The van der Waals surface area contributed by atoms with Crippen LogP contribution in [-0.2, 0) is 14.4 Å². The highest BCUT2D eigenvalue weighted by Gasteiger charge is 2.14. The van der Waals surface area contributed by atoms with Crippen LogP contribution in [0.1, 0.15) is 13.3 Å². The fourth-order valence-electron chi connectivity index (χ4n) is 2.04. The highest BCUT2D eigenvalue weighted by molar-refractivity contribution is 6.35. The lowest BCUT2D eigenvalue weighted by Crippen LogP contribution is -2.39. The van der Waals surface area contributed by atoms with Gasteiger partial charge in [0.05, 0.1) is 13.0 Å². The third-order valence-corrected chi connectivity index (χ3v) is 3.19. The number of fused-ring (bicyclic) bond motifs is 1. The number of benzene rings is 1. The Labute approximate surface area is 149 Å². The smallest absolute Gasteiger partial charge is 0.329 e. The molecule has 4 N–H and O–H groups in total. The van der Waals surface area contributed by atoms with E-state index in [9.17, 15) is 14.4 Å². The molecule has 10 nitrogen and oxygen atoms in total. The van der Waals surface area contributed by atoms with Gasteiger partial charge in [-0.3, -0.25) is 14.4 Å². The van der Waals surface area contributed by atoms with E-state index >= 15 is 0 Å². The molecule has 0 unspecified atom stereocenters. The van der Waals surface area contributed by atoms with Crippen LogP contribution in [-0.4, -0.2) is 54.9 Å². The Morgan fingerprint density at radius 1 is 1.15 bits per heavy atom. The van der Waals surface area contributed by atoms with Crippen LogP contribution in [0.3, 0.4) is 0 Å². The Morgan fingerprint density at radius 2 is 1.88 bits per heavy atom. The van der Waals surface area contributed by atoms with Crippen molar-refractivity contribution in [3.8, 4) is 11.5 Å². The van der Waals surface area contributed by atoms with Crippen molar-refractivity contribution in [3.63, 3.8) is 0 Å². The number of aliphatic hydroxyl groups is 1. The van der Waals surface area contributed by atoms with E-state index in [0.717, 1.165) is 0 Å². The second-order valence-corrected chi connectivity index (χ2v) is 5.35. The minimum atomic E-state index is -0.981. The van der Waals surface area contributed by atoms with Crippen molar-refractivity contribution >= 4 is 29.1 Å². The number of carbonyl (C=O) groups is 3. The first-order chi connectivity index (χ1) is 12.5. The molecule has 0 saturated carbocycles. The Balaban J connectivity index is 1.83. The third-order valence-electron chi connectivity index (χ3n) is 3.19. The summed E-state index contributed by atoms with van der Waals surface area (Å²) in [5, 5.41) is 17.1. The lowest BCUT2D eigenvalue weighted by atomic mass is 10.2. The third kappa shape index (κ3) is 5.74. The molecule has 140 valence electrons. The van der Waals surface area contributed by atoms with E-state index in [1.165, 1.54) is 6.92 Å². The van der Waals surface area contributed by atoms with Crippen LogP contribution in [0.15, 0.2) is 23.3 Å². The predicted molar refractivity (Wildman–Crippen MR) is 92.0 cm³/mol. The summed E-state index contributed by atoms with van der Waals surface area (Å²) in [5.41, 5.74) is 2.89. The van der Waals surface area contributed by atoms with Crippen LogP contribution in [0.5, 0.6) is 11.5 Å². The molecule has 1 aromatic carbocycles. The van der Waals surface area contributed by atoms with Crippen molar-refractivity contribution in [1.29, 1.82) is 0 Å². The fraction of sp³-hybridized carbons (Fsp3) is 0.375. The number of nitrogens with zero attached hydrogens (tertiary/aromatic N) is 1. The van der Waals surface area contributed by atoms with Gasteiger partial charge in [-0.2, -0.15) is 5.10 Å². The summed E-state index contributed by atoms with van der Waals surface area (Å²) in [4.78, 5) is 34.7. The number of hydrogen-bond acceptors (Lipinski definition) is 7. The SMILES string of the molecule is C/C(CC(=O)Nc1ccc2c(c1)OCCO2)=N\NC(=O)C(=O)NCCO. The van der Waals surface area contributed by atoms with Crippen molar-refractivity contribution in [1.82, 2.24) is 10.7 Å². The monoisotopic (exact) mass is 364 g/mol.